The molecule has 0 aromatic carbocycles. The van der Waals surface area contributed by atoms with Gasteiger partial charge in [-0.2, -0.15) is 11.8 Å². The maximum absolute atomic E-state index is 11.9. The maximum atomic E-state index is 11.9. The molecule has 0 aromatic rings. The van der Waals surface area contributed by atoms with Gasteiger partial charge in [0.15, 0.2) is 0 Å². The first-order valence-electron chi connectivity index (χ1n) is 7.80. The second-order valence-electron chi connectivity index (χ2n) is 5.90. The van der Waals surface area contributed by atoms with Gasteiger partial charge in [0, 0.05) is 30.2 Å². The molecule has 2 fully saturated rings. The number of thioether (sulfide) groups is 1. The van der Waals surface area contributed by atoms with E-state index in [4.69, 9.17) is 0 Å². The molecule has 2 N–H and O–H groups in total. The van der Waals surface area contributed by atoms with Gasteiger partial charge in [-0.3, -0.25) is 9.59 Å². The molecule has 0 heterocycles. The topological polar surface area (TPSA) is 58.2 Å². The van der Waals surface area contributed by atoms with E-state index in [2.05, 4.69) is 16.9 Å². The molecule has 0 unspecified atom stereocenters. The molecular weight excluding hydrogens is 272 g/mol. The van der Waals surface area contributed by atoms with E-state index >= 15 is 0 Å². The van der Waals surface area contributed by atoms with Crippen LogP contribution >= 0.6 is 11.8 Å². The van der Waals surface area contributed by atoms with Crippen molar-refractivity contribution in [1.29, 1.82) is 0 Å². The largest absolute Gasteiger partial charge is 0.356 e. The fourth-order valence-electron chi connectivity index (χ4n) is 2.77. The van der Waals surface area contributed by atoms with Crippen molar-refractivity contribution < 1.29 is 9.59 Å². The van der Waals surface area contributed by atoms with E-state index < -0.39 is 0 Å². The highest BCUT2D eigenvalue weighted by Crippen LogP contribution is 2.28. The molecule has 2 aliphatic carbocycles. The Kier molecular flexibility index (Phi) is 6.20. The first-order chi connectivity index (χ1) is 9.70. The van der Waals surface area contributed by atoms with Crippen LogP contribution in [0.4, 0.5) is 0 Å². The quantitative estimate of drug-likeness (QED) is 0.708. The Hall–Kier alpha value is -0.710. The normalized spacial score (nSPS) is 26.1. The van der Waals surface area contributed by atoms with E-state index in [1.54, 1.807) is 0 Å². The number of amides is 2. The molecule has 4 nitrogen and oxygen atoms in total. The molecule has 2 rings (SSSR count). The third-order valence-corrected chi connectivity index (χ3v) is 5.35. The van der Waals surface area contributed by atoms with Crippen LogP contribution in [0.15, 0.2) is 0 Å². The average molecular weight is 298 g/mol. The number of hydrogen-bond donors (Lipinski definition) is 2. The highest BCUT2D eigenvalue weighted by molar-refractivity contribution is 7.99. The van der Waals surface area contributed by atoms with Crippen LogP contribution in [-0.4, -0.2) is 35.9 Å². The molecule has 0 bridgehead atoms. The van der Waals surface area contributed by atoms with Gasteiger partial charge >= 0.3 is 0 Å². The molecule has 0 saturated heterocycles. The van der Waals surface area contributed by atoms with Gasteiger partial charge in [-0.1, -0.05) is 12.8 Å². The average Bonchev–Trinajstić information content (AvgIpc) is 3.28. The molecule has 2 aliphatic rings. The monoisotopic (exact) mass is 298 g/mol. The second-order valence-corrected chi connectivity index (χ2v) is 6.98. The third kappa shape index (κ3) is 5.00. The van der Waals surface area contributed by atoms with E-state index in [1.807, 2.05) is 11.8 Å². The van der Waals surface area contributed by atoms with E-state index in [9.17, 15) is 9.59 Å². The Balaban J connectivity index is 1.58. The fraction of sp³-hybridized carbons (Fsp3) is 0.867. The zero-order valence-electron chi connectivity index (χ0n) is 12.3. The van der Waals surface area contributed by atoms with Gasteiger partial charge in [0.05, 0.1) is 0 Å². The molecule has 5 heteroatoms. The van der Waals surface area contributed by atoms with E-state index in [-0.39, 0.29) is 17.7 Å². The summed E-state index contributed by atoms with van der Waals surface area (Å²) in [4.78, 5) is 23.4. The number of rotatable bonds is 7. The third-order valence-electron chi connectivity index (χ3n) is 4.18. The maximum Gasteiger partial charge on any atom is 0.223 e. The van der Waals surface area contributed by atoms with Crippen LogP contribution in [0.1, 0.15) is 51.4 Å². The number of nitrogens with one attached hydrogen (secondary N) is 2. The minimum absolute atomic E-state index is 0.136. The SMILES string of the molecule is CS[C@@H]1CCCC[C@@H]1NC(=O)CCCNC(=O)C1CC1. The van der Waals surface area contributed by atoms with Crippen LogP contribution < -0.4 is 10.6 Å². The lowest BCUT2D eigenvalue weighted by Crippen LogP contribution is -2.43. The van der Waals surface area contributed by atoms with Crippen LogP contribution in [0.5, 0.6) is 0 Å². The Bertz CT molecular complexity index is 345. The summed E-state index contributed by atoms with van der Waals surface area (Å²) in [6, 6.07) is 0.340. The molecule has 114 valence electrons. The molecule has 2 saturated carbocycles. The van der Waals surface area contributed by atoms with Crippen molar-refractivity contribution in [3.63, 3.8) is 0 Å². The molecule has 0 spiro atoms. The van der Waals surface area contributed by atoms with Gasteiger partial charge in [0.1, 0.15) is 0 Å². The summed E-state index contributed by atoms with van der Waals surface area (Å²) < 4.78 is 0. The van der Waals surface area contributed by atoms with Crippen molar-refractivity contribution in [2.75, 3.05) is 12.8 Å². The predicted octanol–water partition coefficient (Wildman–Crippen LogP) is 2.08. The fourth-order valence-corrected chi connectivity index (χ4v) is 3.71. The number of carbonyl (C=O) groups is 2. The summed E-state index contributed by atoms with van der Waals surface area (Å²) in [6.07, 6.45) is 10.3. The zero-order chi connectivity index (χ0) is 14.4. The summed E-state index contributed by atoms with van der Waals surface area (Å²) in [5.74, 6) is 0.560. The van der Waals surface area contributed by atoms with Crippen molar-refractivity contribution in [2.24, 2.45) is 5.92 Å². The number of hydrogen-bond acceptors (Lipinski definition) is 3. The molecule has 2 amide bonds. The summed E-state index contributed by atoms with van der Waals surface area (Å²) in [5.41, 5.74) is 0. The van der Waals surface area contributed by atoms with Crippen molar-refractivity contribution in [3.05, 3.63) is 0 Å². The molecular formula is C15H26N2O2S. The highest BCUT2D eigenvalue weighted by atomic mass is 32.2. The standard InChI is InChI=1S/C15H26N2O2S/c1-20-13-6-3-2-5-12(13)17-14(18)7-4-10-16-15(19)11-8-9-11/h11-13H,2-10H2,1H3,(H,16,19)(H,17,18)/t12-,13+/m0/s1. The van der Waals surface area contributed by atoms with Crippen LogP contribution in [0.25, 0.3) is 0 Å². The zero-order valence-corrected chi connectivity index (χ0v) is 13.1. The first-order valence-corrected chi connectivity index (χ1v) is 9.09. The van der Waals surface area contributed by atoms with Crippen molar-refractivity contribution >= 4 is 23.6 Å². The number of carbonyl (C=O) groups excluding carboxylic acids is 2. The lowest BCUT2D eigenvalue weighted by Gasteiger charge is -2.30. The van der Waals surface area contributed by atoms with Gasteiger partial charge < -0.3 is 10.6 Å². The van der Waals surface area contributed by atoms with Gasteiger partial charge in [-0.25, -0.2) is 0 Å². The predicted molar refractivity (Wildman–Crippen MR) is 82.7 cm³/mol. The van der Waals surface area contributed by atoms with Crippen LogP contribution in [0, 0.1) is 5.92 Å². The summed E-state index contributed by atoms with van der Waals surface area (Å²) in [5, 5.41) is 6.64. The van der Waals surface area contributed by atoms with E-state index in [0.29, 0.717) is 24.3 Å². The second kappa shape index (κ2) is 7.91. The van der Waals surface area contributed by atoms with Gasteiger partial charge in [-0.05, 0) is 38.4 Å². The minimum Gasteiger partial charge on any atom is -0.356 e. The van der Waals surface area contributed by atoms with Gasteiger partial charge in [0.2, 0.25) is 11.8 Å². The van der Waals surface area contributed by atoms with Gasteiger partial charge in [-0.15, -0.1) is 0 Å². The molecule has 0 radical (unpaired) electrons. The van der Waals surface area contributed by atoms with Crippen molar-refractivity contribution in [1.82, 2.24) is 10.6 Å². The van der Waals surface area contributed by atoms with E-state index in [0.717, 1.165) is 25.7 Å². The van der Waals surface area contributed by atoms with Crippen LogP contribution in [0.3, 0.4) is 0 Å². The molecule has 2 atom stereocenters. The molecule has 0 aromatic heterocycles. The minimum atomic E-state index is 0.136. The van der Waals surface area contributed by atoms with Gasteiger partial charge in [0.25, 0.3) is 0 Å². The molecule has 0 aliphatic heterocycles. The molecule has 20 heavy (non-hydrogen) atoms. The first kappa shape index (κ1) is 15.7. The Morgan fingerprint density at radius 1 is 1.15 bits per heavy atom. The Labute approximate surface area is 125 Å². The summed E-state index contributed by atoms with van der Waals surface area (Å²) in [6.45, 7) is 0.624. The Morgan fingerprint density at radius 3 is 2.60 bits per heavy atom. The van der Waals surface area contributed by atoms with Crippen LogP contribution in [0.2, 0.25) is 0 Å². The van der Waals surface area contributed by atoms with Crippen molar-refractivity contribution in [2.45, 2.75) is 62.7 Å². The van der Waals surface area contributed by atoms with E-state index in [1.165, 1.54) is 19.3 Å². The Morgan fingerprint density at radius 2 is 1.90 bits per heavy atom. The summed E-state index contributed by atoms with van der Waals surface area (Å²) in [7, 11) is 0. The van der Waals surface area contributed by atoms with Crippen molar-refractivity contribution in [3.8, 4) is 0 Å². The lowest BCUT2D eigenvalue weighted by atomic mass is 9.94. The summed E-state index contributed by atoms with van der Waals surface area (Å²) >= 11 is 1.87. The van der Waals surface area contributed by atoms with Crippen LogP contribution in [-0.2, 0) is 9.59 Å². The highest BCUT2D eigenvalue weighted by Gasteiger charge is 2.29. The lowest BCUT2D eigenvalue weighted by molar-refractivity contribution is -0.124. The smallest absolute Gasteiger partial charge is 0.223 e.